The van der Waals surface area contributed by atoms with E-state index in [2.05, 4.69) is 19.7 Å². The van der Waals surface area contributed by atoms with E-state index in [1.54, 1.807) is 6.08 Å². The second-order valence-electron chi connectivity index (χ2n) is 1.91. The van der Waals surface area contributed by atoms with E-state index in [4.69, 9.17) is 21.7 Å². The highest BCUT2D eigenvalue weighted by Crippen LogP contribution is 1.96. The summed E-state index contributed by atoms with van der Waals surface area (Å²) in [6.07, 6.45) is 3.58. The van der Waals surface area contributed by atoms with Crippen LogP contribution in [0.1, 0.15) is 6.92 Å². The molecule has 0 amide bonds. The lowest BCUT2D eigenvalue weighted by Gasteiger charge is -2.04. The van der Waals surface area contributed by atoms with Gasteiger partial charge in [0.2, 0.25) is 0 Å². The van der Waals surface area contributed by atoms with Gasteiger partial charge in [-0.25, -0.2) is 0 Å². The molecule has 0 aromatic rings. The van der Waals surface area contributed by atoms with Crippen LogP contribution in [-0.4, -0.2) is 18.4 Å². The quantitative estimate of drug-likeness (QED) is 0.245. The average molecular weight is 202 g/mol. The average Bonchev–Trinajstić information content (AvgIpc) is 2.22. The summed E-state index contributed by atoms with van der Waals surface area (Å²) in [4.78, 5) is 0. The van der Waals surface area contributed by atoms with Crippen LogP contribution in [0.3, 0.4) is 0 Å². The van der Waals surface area contributed by atoms with Crippen molar-refractivity contribution >= 4 is 17.5 Å². The second kappa shape index (κ2) is 11.0. The Labute approximate surface area is 85.1 Å². The molecular weight excluding hydrogens is 186 g/mol. The summed E-state index contributed by atoms with van der Waals surface area (Å²) in [5.74, 6) is 0.210. The normalized spacial score (nSPS) is 9.54. The fourth-order valence-corrected chi connectivity index (χ4v) is 0.546. The number of hydrogen-bond acceptors (Lipinski definition) is 2. The van der Waals surface area contributed by atoms with Crippen molar-refractivity contribution < 1.29 is 4.74 Å². The molecule has 0 unspecified atom stereocenters. The van der Waals surface area contributed by atoms with E-state index in [1.807, 2.05) is 13.0 Å². The third kappa shape index (κ3) is 8.89. The molecule has 0 aliphatic carbocycles. The number of hydrogen-bond donors (Lipinski definition) is 1. The molecule has 0 radical (unpaired) electrons. The lowest BCUT2D eigenvalue weighted by Crippen LogP contribution is -2.06. The molecule has 0 heterocycles. The number of halogens is 1. The molecule has 0 fully saturated rings. The van der Waals surface area contributed by atoms with Gasteiger partial charge in [-0.05, 0) is 12.5 Å². The molecule has 74 valence electrons. The zero-order chi connectivity index (χ0) is 10.7. The van der Waals surface area contributed by atoms with Crippen molar-refractivity contribution in [3.8, 4) is 0 Å². The minimum atomic E-state index is 0.0906. The standard InChI is InChI=1S/C8H12ClNO.C2H4/c1-3-7(4-2)6-11-8(10)5-9;1-2/h3-4,10H,1,5-6H2,2H3;1-2H2/b7-4+,10-8?;. The van der Waals surface area contributed by atoms with Crippen LogP contribution in [-0.2, 0) is 4.74 Å². The topological polar surface area (TPSA) is 33.1 Å². The highest BCUT2D eigenvalue weighted by molar-refractivity contribution is 6.26. The molecule has 3 heteroatoms. The van der Waals surface area contributed by atoms with Crippen molar-refractivity contribution in [3.63, 3.8) is 0 Å². The lowest BCUT2D eigenvalue weighted by atomic mass is 10.3. The van der Waals surface area contributed by atoms with Crippen molar-refractivity contribution in [3.05, 3.63) is 37.5 Å². The molecule has 0 rings (SSSR count). The van der Waals surface area contributed by atoms with Crippen LogP contribution in [0, 0.1) is 5.41 Å². The summed E-state index contributed by atoms with van der Waals surface area (Å²) < 4.78 is 4.95. The predicted molar refractivity (Wildman–Crippen MR) is 59.6 cm³/mol. The summed E-state index contributed by atoms with van der Waals surface area (Å²) in [5, 5.41) is 7.07. The fourth-order valence-electron chi connectivity index (χ4n) is 0.469. The summed E-state index contributed by atoms with van der Waals surface area (Å²) in [6, 6.07) is 0. The Morgan fingerprint density at radius 1 is 1.54 bits per heavy atom. The van der Waals surface area contributed by atoms with E-state index in [0.29, 0.717) is 6.61 Å². The zero-order valence-electron chi connectivity index (χ0n) is 7.98. The van der Waals surface area contributed by atoms with Gasteiger partial charge in [0.15, 0.2) is 5.90 Å². The van der Waals surface area contributed by atoms with Crippen molar-refractivity contribution in [1.82, 2.24) is 0 Å². The molecule has 2 nitrogen and oxygen atoms in total. The maximum Gasteiger partial charge on any atom is 0.196 e. The Hall–Kier alpha value is -1.02. The van der Waals surface area contributed by atoms with E-state index in [-0.39, 0.29) is 11.8 Å². The number of ether oxygens (including phenoxy) is 1. The molecule has 0 aromatic carbocycles. The van der Waals surface area contributed by atoms with Gasteiger partial charge >= 0.3 is 0 Å². The fraction of sp³-hybridized carbons (Fsp3) is 0.300. The van der Waals surface area contributed by atoms with E-state index in [9.17, 15) is 0 Å². The highest BCUT2D eigenvalue weighted by atomic mass is 35.5. The Bertz CT molecular complexity index is 187. The number of nitrogens with one attached hydrogen (secondary N) is 1. The van der Waals surface area contributed by atoms with Gasteiger partial charge in [-0.15, -0.1) is 24.8 Å². The largest absolute Gasteiger partial charge is 0.475 e. The van der Waals surface area contributed by atoms with Gasteiger partial charge in [0, 0.05) is 0 Å². The minimum Gasteiger partial charge on any atom is -0.475 e. The molecule has 0 aliphatic heterocycles. The monoisotopic (exact) mass is 201 g/mol. The Balaban J connectivity index is 0. The van der Waals surface area contributed by atoms with Crippen molar-refractivity contribution in [2.75, 3.05) is 12.5 Å². The Morgan fingerprint density at radius 3 is 2.38 bits per heavy atom. The second-order valence-corrected chi connectivity index (χ2v) is 2.18. The van der Waals surface area contributed by atoms with Crippen LogP contribution in [0.25, 0.3) is 0 Å². The molecular formula is C10H16ClNO. The summed E-state index contributed by atoms with van der Waals surface area (Å²) >= 11 is 5.33. The van der Waals surface area contributed by atoms with Crippen LogP contribution in [0.2, 0.25) is 0 Å². The maximum atomic E-state index is 7.07. The lowest BCUT2D eigenvalue weighted by molar-refractivity contribution is 0.337. The zero-order valence-corrected chi connectivity index (χ0v) is 8.73. The van der Waals surface area contributed by atoms with E-state index in [1.165, 1.54) is 0 Å². The van der Waals surface area contributed by atoms with Crippen molar-refractivity contribution in [2.24, 2.45) is 0 Å². The van der Waals surface area contributed by atoms with E-state index in [0.717, 1.165) is 5.57 Å². The molecule has 13 heavy (non-hydrogen) atoms. The Morgan fingerprint density at radius 2 is 2.08 bits per heavy atom. The van der Waals surface area contributed by atoms with Crippen molar-refractivity contribution in [2.45, 2.75) is 6.92 Å². The molecule has 0 aromatic heterocycles. The third-order valence-electron chi connectivity index (χ3n) is 1.17. The van der Waals surface area contributed by atoms with Crippen LogP contribution in [0.5, 0.6) is 0 Å². The number of rotatable bonds is 4. The molecule has 0 saturated heterocycles. The first-order valence-electron chi connectivity index (χ1n) is 3.78. The molecule has 1 N–H and O–H groups in total. The van der Waals surface area contributed by atoms with Gasteiger partial charge in [-0.1, -0.05) is 18.7 Å². The van der Waals surface area contributed by atoms with Gasteiger partial charge in [-0.2, -0.15) is 0 Å². The molecule has 0 spiro atoms. The Kier molecular flexibility index (Phi) is 12.2. The van der Waals surface area contributed by atoms with E-state index >= 15 is 0 Å². The first-order valence-corrected chi connectivity index (χ1v) is 4.31. The van der Waals surface area contributed by atoms with Gasteiger partial charge in [0.1, 0.15) is 6.61 Å². The minimum absolute atomic E-state index is 0.0906. The molecule has 0 atom stereocenters. The van der Waals surface area contributed by atoms with Crippen LogP contribution < -0.4 is 0 Å². The number of alkyl halides is 1. The molecule has 0 bridgehead atoms. The van der Waals surface area contributed by atoms with Crippen LogP contribution in [0.4, 0.5) is 0 Å². The first kappa shape index (κ1) is 14.5. The smallest absolute Gasteiger partial charge is 0.196 e. The maximum absolute atomic E-state index is 7.07. The molecule has 0 saturated carbocycles. The van der Waals surface area contributed by atoms with E-state index < -0.39 is 0 Å². The predicted octanol–water partition coefficient (Wildman–Crippen LogP) is 3.15. The SMILES string of the molecule is C=C.C=C/C(=C\C)COC(=N)CCl. The third-order valence-corrected chi connectivity index (χ3v) is 1.41. The highest BCUT2D eigenvalue weighted by Gasteiger charge is 1.95. The summed E-state index contributed by atoms with van der Waals surface area (Å²) in [5.41, 5.74) is 0.958. The van der Waals surface area contributed by atoms with Crippen LogP contribution in [0.15, 0.2) is 37.5 Å². The molecule has 0 aliphatic rings. The van der Waals surface area contributed by atoms with Gasteiger partial charge in [-0.3, -0.25) is 5.41 Å². The van der Waals surface area contributed by atoms with Crippen molar-refractivity contribution in [1.29, 1.82) is 5.41 Å². The first-order chi connectivity index (χ1) is 6.24. The van der Waals surface area contributed by atoms with Crippen LogP contribution >= 0.6 is 11.6 Å². The van der Waals surface area contributed by atoms with Gasteiger partial charge in [0.25, 0.3) is 0 Å². The summed E-state index contributed by atoms with van der Waals surface area (Å²) in [6.45, 7) is 11.9. The summed E-state index contributed by atoms with van der Waals surface area (Å²) in [7, 11) is 0. The van der Waals surface area contributed by atoms with Gasteiger partial charge < -0.3 is 4.74 Å². The number of allylic oxidation sites excluding steroid dienone is 1. The van der Waals surface area contributed by atoms with Gasteiger partial charge in [0.05, 0.1) is 5.88 Å².